The smallest absolute Gasteiger partial charge is 0.416 e. The van der Waals surface area contributed by atoms with Gasteiger partial charge in [0.2, 0.25) is 0 Å². The highest BCUT2D eigenvalue weighted by Crippen LogP contribution is 2.34. The fourth-order valence-electron chi connectivity index (χ4n) is 2.15. The van der Waals surface area contributed by atoms with Gasteiger partial charge in [-0.2, -0.15) is 18.3 Å². The molecule has 2 heterocycles. The van der Waals surface area contributed by atoms with Crippen molar-refractivity contribution in [2.24, 2.45) is 7.05 Å². The molecule has 2 aromatic heterocycles. The number of alkyl halides is 3. The number of halogens is 3. The molecular formula is C14H9F3N2O3. The molecule has 0 bridgehead atoms. The van der Waals surface area contributed by atoms with Gasteiger partial charge in [0, 0.05) is 18.5 Å². The molecule has 0 saturated heterocycles. The zero-order chi connectivity index (χ0) is 16.1. The average molecular weight is 310 g/mol. The molecule has 0 radical (unpaired) electrons. The van der Waals surface area contributed by atoms with Gasteiger partial charge in [0.25, 0.3) is 0 Å². The predicted molar refractivity (Wildman–Crippen MR) is 70.4 cm³/mol. The summed E-state index contributed by atoms with van der Waals surface area (Å²) in [4.78, 5) is 10.9. The molecule has 3 aromatic rings. The Morgan fingerprint density at radius 2 is 2.00 bits per heavy atom. The van der Waals surface area contributed by atoms with Crippen LogP contribution in [-0.2, 0) is 13.2 Å². The van der Waals surface area contributed by atoms with Crippen molar-refractivity contribution in [2.45, 2.75) is 6.18 Å². The number of hydrogen-bond acceptors (Lipinski definition) is 3. The summed E-state index contributed by atoms with van der Waals surface area (Å²) in [6.07, 6.45) is -4.44. The van der Waals surface area contributed by atoms with Gasteiger partial charge in [-0.15, -0.1) is 0 Å². The van der Waals surface area contributed by atoms with Crippen LogP contribution in [0.3, 0.4) is 0 Å². The third-order valence-electron chi connectivity index (χ3n) is 3.20. The summed E-state index contributed by atoms with van der Waals surface area (Å²) in [6.45, 7) is 0. The summed E-state index contributed by atoms with van der Waals surface area (Å²) < 4.78 is 44.8. The second kappa shape index (κ2) is 4.62. The fourth-order valence-corrected chi connectivity index (χ4v) is 2.15. The van der Waals surface area contributed by atoms with E-state index < -0.39 is 17.7 Å². The Morgan fingerprint density at radius 1 is 1.27 bits per heavy atom. The molecule has 8 heteroatoms. The Balaban J connectivity index is 2.11. The first-order chi connectivity index (χ1) is 10.3. The van der Waals surface area contributed by atoms with Crippen LogP contribution in [0, 0.1) is 0 Å². The highest BCUT2D eigenvalue weighted by molar-refractivity contribution is 5.88. The number of carboxylic acid groups (broad SMARTS) is 1. The first kappa shape index (κ1) is 14.2. The standard InChI is InChI=1S/C14H9F3N2O3/c1-19-10(6-9(18-19)13(20)21)12-5-7-4-8(14(15,16)17)2-3-11(7)22-12/h2-6H,1H3,(H,20,21). The Hall–Kier alpha value is -2.77. The lowest BCUT2D eigenvalue weighted by molar-refractivity contribution is -0.137. The number of rotatable bonds is 2. The van der Waals surface area contributed by atoms with E-state index in [4.69, 9.17) is 9.52 Å². The number of hydrogen-bond donors (Lipinski definition) is 1. The van der Waals surface area contributed by atoms with Crippen molar-refractivity contribution in [3.63, 3.8) is 0 Å². The first-order valence-corrected chi connectivity index (χ1v) is 6.14. The maximum absolute atomic E-state index is 12.7. The molecule has 0 unspecified atom stereocenters. The minimum atomic E-state index is -4.44. The topological polar surface area (TPSA) is 68.3 Å². The Kier molecular flexibility index (Phi) is 2.98. The molecule has 1 aromatic carbocycles. The molecule has 3 rings (SSSR count). The van der Waals surface area contributed by atoms with Gasteiger partial charge in [-0.1, -0.05) is 0 Å². The molecule has 22 heavy (non-hydrogen) atoms. The second-order valence-electron chi connectivity index (χ2n) is 4.70. The maximum atomic E-state index is 12.7. The number of aromatic carboxylic acids is 1. The molecule has 1 N–H and O–H groups in total. The molecule has 0 atom stereocenters. The summed E-state index contributed by atoms with van der Waals surface area (Å²) in [6, 6.07) is 5.87. The van der Waals surface area contributed by atoms with E-state index in [1.807, 2.05) is 0 Å². The number of aryl methyl sites for hydroxylation is 1. The summed E-state index contributed by atoms with van der Waals surface area (Å²) in [7, 11) is 1.52. The molecule has 114 valence electrons. The summed E-state index contributed by atoms with van der Waals surface area (Å²) >= 11 is 0. The fraction of sp³-hybridized carbons (Fsp3) is 0.143. The second-order valence-corrected chi connectivity index (χ2v) is 4.70. The van der Waals surface area contributed by atoms with Gasteiger partial charge in [-0.3, -0.25) is 4.68 Å². The van der Waals surface area contributed by atoms with Crippen LogP contribution in [0.2, 0.25) is 0 Å². The number of nitrogens with zero attached hydrogens (tertiary/aromatic N) is 2. The van der Waals surface area contributed by atoms with E-state index in [0.717, 1.165) is 12.1 Å². The molecule has 0 fully saturated rings. The van der Waals surface area contributed by atoms with Crippen molar-refractivity contribution >= 4 is 16.9 Å². The maximum Gasteiger partial charge on any atom is 0.416 e. The van der Waals surface area contributed by atoms with E-state index in [9.17, 15) is 18.0 Å². The van der Waals surface area contributed by atoms with Crippen molar-refractivity contribution in [2.75, 3.05) is 0 Å². The van der Waals surface area contributed by atoms with Crippen molar-refractivity contribution in [3.05, 3.63) is 41.6 Å². The summed E-state index contributed by atoms with van der Waals surface area (Å²) in [5.41, 5.74) is -0.305. The van der Waals surface area contributed by atoms with Crippen LogP contribution < -0.4 is 0 Å². The van der Waals surface area contributed by atoms with E-state index in [2.05, 4.69) is 5.10 Å². The molecule has 0 aliphatic carbocycles. The van der Waals surface area contributed by atoms with E-state index in [1.165, 1.54) is 29.9 Å². The van der Waals surface area contributed by atoms with Crippen LogP contribution in [0.1, 0.15) is 16.1 Å². The van der Waals surface area contributed by atoms with Crippen molar-refractivity contribution in [1.82, 2.24) is 9.78 Å². The number of carbonyl (C=O) groups is 1. The third kappa shape index (κ3) is 2.32. The van der Waals surface area contributed by atoms with Crippen LogP contribution in [0.5, 0.6) is 0 Å². The molecule has 0 amide bonds. The zero-order valence-corrected chi connectivity index (χ0v) is 11.2. The molecule has 0 saturated carbocycles. The van der Waals surface area contributed by atoms with Crippen LogP contribution in [0.25, 0.3) is 22.4 Å². The quantitative estimate of drug-likeness (QED) is 0.786. The van der Waals surface area contributed by atoms with Crippen LogP contribution in [0.4, 0.5) is 13.2 Å². The van der Waals surface area contributed by atoms with Gasteiger partial charge in [0.15, 0.2) is 11.5 Å². The SMILES string of the molecule is Cn1nc(C(=O)O)cc1-c1cc2cc(C(F)(F)F)ccc2o1. The minimum Gasteiger partial charge on any atom is -0.476 e. The zero-order valence-electron chi connectivity index (χ0n) is 11.2. The van der Waals surface area contributed by atoms with E-state index in [-0.39, 0.29) is 22.4 Å². The van der Waals surface area contributed by atoms with Crippen molar-refractivity contribution < 1.29 is 27.5 Å². The molecule has 0 aliphatic rings. The lowest BCUT2D eigenvalue weighted by Crippen LogP contribution is -2.03. The van der Waals surface area contributed by atoms with Gasteiger partial charge in [-0.05, 0) is 24.3 Å². The van der Waals surface area contributed by atoms with Crippen LogP contribution in [0.15, 0.2) is 34.7 Å². The monoisotopic (exact) mass is 310 g/mol. The average Bonchev–Trinajstić information content (AvgIpc) is 2.99. The highest BCUT2D eigenvalue weighted by Gasteiger charge is 2.30. The Labute approximate surface area is 121 Å². The van der Waals surface area contributed by atoms with E-state index in [0.29, 0.717) is 5.69 Å². The van der Waals surface area contributed by atoms with Gasteiger partial charge < -0.3 is 9.52 Å². The number of carboxylic acids is 1. The lowest BCUT2D eigenvalue weighted by Gasteiger charge is -2.04. The molecular weight excluding hydrogens is 301 g/mol. The normalized spacial score (nSPS) is 12.0. The molecule has 0 spiro atoms. The van der Waals surface area contributed by atoms with Gasteiger partial charge in [0.1, 0.15) is 11.3 Å². The Morgan fingerprint density at radius 3 is 2.59 bits per heavy atom. The number of benzene rings is 1. The first-order valence-electron chi connectivity index (χ1n) is 6.14. The van der Waals surface area contributed by atoms with E-state index >= 15 is 0 Å². The van der Waals surface area contributed by atoms with E-state index in [1.54, 1.807) is 0 Å². The Bertz CT molecular complexity index is 877. The minimum absolute atomic E-state index is 0.172. The molecule has 0 aliphatic heterocycles. The molecule has 5 nitrogen and oxygen atoms in total. The highest BCUT2D eigenvalue weighted by atomic mass is 19.4. The van der Waals surface area contributed by atoms with Gasteiger partial charge in [0.05, 0.1) is 5.56 Å². The summed E-state index contributed by atoms with van der Waals surface area (Å²) in [5.74, 6) is -0.950. The number of furan rings is 1. The van der Waals surface area contributed by atoms with Crippen LogP contribution in [-0.4, -0.2) is 20.9 Å². The largest absolute Gasteiger partial charge is 0.476 e. The van der Waals surface area contributed by atoms with Crippen molar-refractivity contribution in [1.29, 1.82) is 0 Å². The van der Waals surface area contributed by atoms with Crippen molar-refractivity contribution in [3.8, 4) is 11.5 Å². The lowest BCUT2D eigenvalue weighted by atomic mass is 10.1. The number of aromatic nitrogens is 2. The predicted octanol–water partition coefficient (Wildman–Crippen LogP) is 3.55. The third-order valence-corrected chi connectivity index (χ3v) is 3.20. The number of fused-ring (bicyclic) bond motifs is 1. The van der Waals surface area contributed by atoms with Gasteiger partial charge in [-0.25, -0.2) is 4.79 Å². The van der Waals surface area contributed by atoms with Crippen LogP contribution >= 0.6 is 0 Å². The van der Waals surface area contributed by atoms with Gasteiger partial charge >= 0.3 is 12.1 Å². The summed E-state index contributed by atoms with van der Waals surface area (Å²) in [5, 5.41) is 13.0.